The first-order valence-corrected chi connectivity index (χ1v) is 7.80. The lowest BCUT2D eigenvalue weighted by atomic mass is 9.85. The van der Waals surface area contributed by atoms with E-state index < -0.39 is 0 Å². The van der Waals surface area contributed by atoms with Gasteiger partial charge >= 0.3 is 0 Å². The van der Waals surface area contributed by atoms with Crippen molar-refractivity contribution in [1.82, 2.24) is 4.90 Å². The first-order chi connectivity index (χ1) is 8.75. The monoisotopic (exact) mass is 250 g/mol. The molecular formula is C15H26N2O. The largest absolute Gasteiger partial charge is 0.342 e. The molecule has 0 aromatic carbocycles. The second-order valence-electron chi connectivity index (χ2n) is 6.57. The van der Waals surface area contributed by atoms with Gasteiger partial charge in [-0.2, -0.15) is 0 Å². The number of piperidine rings is 1. The third kappa shape index (κ3) is 2.56. The Morgan fingerprint density at radius 3 is 2.33 bits per heavy atom. The number of likely N-dealkylation sites (tertiary alicyclic amines) is 1. The van der Waals surface area contributed by atoms with Crippen LogP contribution < -0.4 is 5.73 Å². The van der Waals surface area contributed by atoms with Gasteiger partial charge in [-0.1, -0.05) is 32.1 Å². The number of hydrogen-bond acceptors (Lipinski definition) is 2. The highest BCUT2D eigenvalue weighted by atomic mass is 16.2. The van der Waals surface area contributed by atoms with Gasteiger partial charge in [0, 0.05) is 25.0 Å². The molecular weight excluding hydrogens is 224 g/mol. The summed E-state index contributed by atoms with van der Waals surface area (Å²) in [6.07, 6.45) is 10.1. The minimum atomic E-state index is 0.322. The fourth-order valence-electron chi connectivity index (χ4n) is 3.94. The van der Waals surface area contributed by atoms with Crippen LogP contribution in [0, 0.1) is 17.8 Å². The lowest BCUT2D eigenvalue weighted by Crippen LogP contribution is -2.43. The third-order valence-electron chi connectivity index (χ3n) is 5.26. The van der Waals surface area contributed by atoms with Gasteiger partial charge in [-0.05, 0) is 31.1 Å². The summed E-state index contributed by atoms with van der Waals surface area (Å²) >= 11 is 0. The van der Waals surface area contributed by atoms with Crippen molar-refractivity contribution in [3.05, 3.63) is 0 Å². The average Bonchev–Trinajstić information content (AvgIpc) is 3.20. The summed E-state index contributed by atoms with van der Waals surface area (Å²) in [5.41, 5.74) is 5.90. The molecule has 3 heteroatoms. The van der Waals surface area contributed by atoms with Crippen LogP contribution in [-0.4, -0.2) is 29.9 Å². The summed E-state index contributed by atoms with van der Waals surface area (Å²) in [7, 11) is 0. The fourth-order valence-corrected chi connectivity index (χ4v) is 3.94. The molecule has 0 aromatic heterocycles. The van der Waals surface area contributed by atoms with Crippen LogP contribution in [0.1, 0.15) is 51.4 Å². The molecule has 2 aliphatic carbocycles. The van der Waals surface area contributed by atoms with Crippen molar-refractivity contribution in [2.75, 3.05) is 13.1 Å². The molecule has 1 amide bonds. The minimum absolute atomic E-state index is 0.322. The molecule has 2 unspecified atom stereocenters. The number of carbonyl (C=O) groups is 1. The quantitative estimate of drug-likeness (QED) is 0.816. The van der Waals surface area contributed by atoms with E-state index in [2.05, 4.69) is 4.90 Å². The number of nitrogens with zero attached hydrogens (tertiary/aromatic N) is 1. The van der Waals surface area contributed by atoms with Gasteiger partial charge in [0.1, 0.15) is 0 Å². The standard InChI is InChI=1S/C15H26N2O/c16-12-6-8-17(9-7-12)15(18)14-10-13(14)11-4-2-1-3-5-11/h11-14H,1-10,16H2. The normalized spacial score (nSPS) is 34.6. The highest BCUT2D eigenvalue weighted by molar-refractivity contribution is 5.81. The maximum atomic E-state index is 12.4. The Bertz CT molecular complexity index is 304. The topological polar surface area (TPSA) is 46.3 Å². The van der Waals surface area contributed by atoms with Gasteiger partial charge in [0.15, 0.2) is 0 Å². The average molecular weight is 250 g/mol. The van der Waals surface area contributed by atoms with E-state index in [9.17, 15) is 4.79 Å². The van der Waals surface area contributed by atoms with Gasteiger partial charge in [0.05, 0.1) is 0 Å². The van der Waals surface area contributed by atoms with E-state index in [1.54, 1.807) is 0 Å². The number of hydrogen-bond donors (Lipinski definition) is 1. The van der Waals surface area contributed by atoms with Gasteiger partial charge in [-0.3, -0.25) is 4.79 Å². The molecule has 18 heavy (non-hydrogen) atoms. The molecule has 3 aliphatic rings. The SMILES string of the molecule is NC1CCN(C(=O)C2CC2C2CCCCC2)CC1. The number of amides is 1. The molecule has 2 atom stereocenters. The van der Waals surface area contributed by atoms with Crippen molar-refractivity contribution in [1.29, 1.82) is 0 Å². The zero-order chi connectivity index (χ0) is 12.5. The molecule has 1 heterocycles. The highest BCUT2D eigenvalue weighted by Gasteiger charge is 2.48. The Hall–Kier alpha value is -0.570. The number of carbonyl (C=O) groups excluding carboxylic acids is 1. The van der Waals surface area contributed by atoms with E-state index in [1.807, 2.05) is 0 Å². The number of rotatable bonds is 2. The molecule has 2 N–H and O–H groups in total. The first kappa shape index (κ1) is 12.5. The summed E-state index contributed by atoms with van der Waals surface area (Å²) in [6, 6.07) is 0.322. The second-order valence-corrected chi connectivity index (χ2v) is 6.57. The van der Waals surface area contributed by atoms with Crippen LogP contribution >= 0.6 is 0 Å². The summed E-state index contributed by atoms with van der Waals surface area (Å²) < 4.78 is 0. The van der Waals surface area contributed by atoms with Gasteiger partial charge in [0.25, 0.3) is 0 Å². The lowest BCUT2D eigenvalue weighted by Gasteiger charge is -2.31. The van der Waals surface area contributed by atoms with E-state index in [0.717, 1.165) is 37.8 Å². The Morgan fingerprint density at radius 1 is 1.00 bits per heavy atom. The Labute approximate surface area is 110 Å². The van der Waals surface area contributed by atoms with Crippen LogP contribution in [0.3, 0.4) is 0 Å². The molecule has 1 aliphatic heterocycles. The van der Waals surface area contributed by atoms with Crippen LogP contribution in [0.2, 0.25) is 0 Å². The van der Waals surface area contributed by atoms with Gasteiger partial charge in [-0.15, -0.1) is 0 Å². The van der Waals surface area contributed by atoms with Crippen molar-refractivity contribution < 1.29 is 4.79 Å². The molecule has 102 valence electrons. The third-order valence-corrected chi connectivity index (χ3v) is 5.26. The van der Waals surface area contributed by atoms with Crippen LogP contribution in [-0.2, 0) is 4.79 Å². The maximum absolute atomic E-state index is 12.4. The van der Waals surface area contributed by atoms with Crippen molar-refractivity contribution in [2.24, 2.45) is 23.5 Å². The van der Waals surface area contributed by atoms with E-state index in [4.69, 9.17) is 5.73 Å². The minimum Gasteiger partial charge on any atom is -0.342 e. The molecule has 0 spiro atoms. The van der Waals surface area contributed by atoms with Gasteiger partial charge < -0.3 is 10.6 Å². The molecule has 3 fully saturated rings. The Kier molecular flexibility index (Phi) is 3.60. The van der Waals surface area contributed by atoms with E-state index in [-0.39, 0.29) is 0 Å². The summed E-state index contributed by atoms with van der Waals surface area (Å²) in [5, 5.41) is 0. The number of nitrogens with two attached hydrogens (primary N) is 1. The van der Waals surface area contributed by atoms with Gasteiger partial charge in [-0.25, -0.2) is 0 Å². The molecule has 2 saturated carbocycles. The van der Waals surface area contributed by atoms with E-state index in [1.165, 1.54) is 38.5 Å². The Morgan fingerprint density at radius 2 is 1.67 bits per heavy atom. The zero-order valence-electron chi connectivity index (χ0n) is 11.3. The molecule has 3 rings (SSSR count). The second kappa shape index (κ2) is 5.20. The molecule has 0 aromatic rings. The van der Waals surface area contributed by atoms with Crippen molar-refractivity contribution in [2.45, 2.75) is 57.4 Å². The van der Waals surface area contributed by atoms with Crippen LogP contribution in [0.25, 0.3) is 0 Å². The maximum Gasteiger partial charge on any atom is 0.225 e. The summed E-state index contributed by atoms with van der Waals surface area (Å²) in [4.78, 5) is 14.5. The Balaban J connectivity index is 1.49. The van der Waals surface area contributed by atoms with E-state index in [0.29, 0.717) is 17.9 Å². The predicted octanol–water partition coefficient (Wildman–Crippen LogP) is 2.15. The van der Waals surface area contributed by atoms with Crippen LogP contribution in [0.4, 0.5) is 0 Å². The first-order valence-electron chi connectivity index (χ1n) is 7.80. The molecule has 1 saturated heterocycles. The van der Waals surface area contributed by atoms with Crippen LogP contribution in [0.15, 0.2) is 0 Å². The van der Waals surface area contributed by atoms with Gasteiger partial charge in [0.2, 0.25) is 5.91 Å². The van der Waals surface area contributed by atoms with Crippen molar-refractivity contribution in [3.8, 4) is 0 Å². The predicted molar refractivity (Wildman–Crippen MR) is 72.0 cm³/mol. The smallest absolute Gasteiger partial charge is 0.225 e. The van der Waals surface area contributed by atoms with Crippen molar-refractivity contribution in [3.63, 3.8) is 0 Å². The summed E-state index contributed by atoms with van der Waals surface area (Å²) in [6.45, 7) is 1.79. The van der Waals surface area contributed by atoms with E-state index >= 15 is 0 Å². The molecule has 0 bridgehead atoms. The lowest BCUT2D eigenvalue weighted by molar-refractivity contribution is -0.134. The fraction of sp³-hybridized carbons (Fsp3) is 0.933. The highest BCUT2D eigenvalue weighted by Crippen LogP contribution is 2.50. The zero-order valence-corrected chi connectivity index (χ0v) is 11.3. The van der Waals surface area contributed by atoms with Crippen LogP contribution in [0.5, 0.6) is 0 Å². The van der Waals surface area contributed by atoms with Crippen molar-refractivity contribution >= 4 is 5.91 Å². The molecule has 0 radical (unpaired) electrons. The summed E-state index contributed by atoms with van der Waals surface area (Å²) in [5.74, 6) is 2.41. The molecule has 3 nitrogen and oxygen atoms in total.